The van der Waals surface area contributed by atoms with Crippen molar-refractivity contribution < 1.29 is 9.94 Å². The molecule has 0 spiro atoms. The highest BCUT2D eigenvalue weighted by molar-refractivity contribution is 5.95. The first-order chi connectivity index (χ1) is 9.72. The number of likely N-dealkylation sites (tertiary alicyclic amines) is 1. The van der Waals surface area contributed by atoms with Crippen LogP contribution in [0.3, 0.4) is 0 Å². The van der Waals surface area contributed by atoms with Crippen molar-refractivity contribution in [2.45, 2.75) is 32.4 Å². The van der Waals surface area contributed by atoms with Gasteiger partial charge in [0, 0.05) is 32.4 Å². The summed E-state index contributed by atoms with van der Waals surface area (Å²) in [5.74, 6) is 0.0434. The fourth-order valence-electron chi connectivity index (χ4n) is 2.49. The maximum atomic E-state index is 8.68. The Balaban J connectivity index is 1.91. The Labute approximate surface area is 119 Å². The van der Waals surface area contributed by atoms with E-state index in [2.05, 4.69) is 15.0 Å². The Morgan fingerprint density at radius 2 is 2.30 bits per heavy atom. The third kappa shape index (κ3) is 3.91. The second-order valence-electron chi connectivity index (χ2n) is 4.97. The molecule has 0 aliphatic carbocycles. The van der Waals surface area contributed by atoms with E-state index >= 15 is 0 Å². The largest absolute Gasteiger partial charge is 0.409 e. The van der Waals surface area contributed by atoms with Gasteiger partial charge in [0.2, 0.25) is 0 Å². The molecule has 2 rings (SSSR count). The van der Waals surface area contributed by atoms with Gasteiger partial charge in [-0.05, 0) is 37.5 Å². The molecule has 1 saturated heterocycles. The van der Waals surface area contributed by atoms with Crippen LogP contribution < -0.4 is 5.73 Å². The molecule has 0 aromatic carbocycles. The van der Waals surface area contributed by atoms with E-state index in [1.54, 1.807) is 6.20 Å². The third-order valence-electron chi connectivity index (χ3n) is 3.54. The zero-order valence-corrected chi connectivity index (χ0v) is 11.8. The maximum Gasteiger partial charge on any atom is 0.188 e. The summed E-state index contributed by atoms with van der Waals surface area (Å²) in [6.07, 6.45) is 4.25. The number of nitrogens with zero attached hydrogens (tertiary/aromatic N) is 3. The zero-order valence-electron chi connectivity index (χ0n) is 11.8. The average molecular weight is 278 g/mol. The van der Waals surface area contributed by atoms with Crippen molar-refractivity contribution in [2.75, 3.05) is 19.7 Å². The Kier molecular flexibility index (Phi) is 5.31. The number of nitrogens with two attached hydrogens (primary N) is 1. The van der Waals surface area contributed by atoms with Crippen molar-refractivity contribution in [1.29, 1.82) is 0 Å². The minimum atomic E-state index is 0.0434. The summed E-state index contributed by atoms with van der Waals surface area (Å²) >= 11 is 0. The lowest BCUT2D eigenvalue weighted by atomic mass is 10.1. The molecule has 1 aliphatic rings. The Morgan fingerprint density at radius 1 is 1.55 bits per heavy atom. The first-order valence-electron chi connectivity index (χ1n) is 6.99. The predicted molar refractivity (Wildman–Crippen MR) is 76.7 cm³/mol. The molecule has 2 heterocycles. The number of aromatic nitrogens is 1. The van der Waals surface area contributed by atoms with Crippen molar-refractivity contribution in [3.63, 3.8) is 0 Å². The van der Waals surface area contributed by atoms with Gasteiger partial charge in [-0.3, -0.25) is 9.88 Å². The molecule has 1 aromatic rings. The molecule has 0 radical (unpaired) electrons. The zero-order chi connectivity index (χ0) is 14.4. The van der Waals surface area contributed by atoms with Gasteiger partial charge < -0.3 is 15.7 Å². The van der Waals surface area contributed by atoms with Gasteiger partial charge in [0.1, 0.15) is 5.69 Å². The van der Waals surface area contributed by atoms with E-state index in [1.807, 2.05) is 19.1 Å². The average Bonchev–Trinajstić information content (AvgIpc) is 2.49. The van der Waals surface area contributed by atoms with Crippen molar-refractivity contribution >= 4 is 5.84 Å². The molecule has 3 N–H and O–H groups in total. The molecule has 20 heavy (non-hydrogen) atoms. The van der Waals surface area contributed by atoms with Crippen molar-refractivity contribution in [2.24, 2.45) is 10.9 Å². The molecule has 0 saturated carbocycles. The van der Waals surface area contributed by atoms with Crippen LogP contribution in [0.4, 0.5) is 0 Å². The smallest absolute Gasteiger partial charge is 0.188 e. The summed E-state index contributed by atoms with van der Waals surface area (Å²) in [7, 11) is 0. The Morgan fingerprint density at radius 3 is 2.95 bits per heavy atom. The first kappa shape index (κ1) is 14.7. The van der Waals surface area contributed by atoms with Gasteiger partial charge in [-0.25, -0.2) is 0 Å². The third-order valence-corrected chi connectivity index (χ3v) is 3.54. The van der Waals surface area contributed by atoms with Gasteiger partial charge in [0.05, 0.1) is 6.10 Å². The van der Waals surface area contributed by atoms with E-state index in [9.17, 15) is 0 Å². The molecule has 110 valence electrons. The van der Waals surface area contributed by atoms with E-state index in [1.165, 1.54) is 0 Å². The lowest BCUT2D eigenvalue weighted by Gasteiger charge is -2.31. The fourth-order valence-corrected chi connectivity index (χ4v) is 2.49. The maximum absolute atomic E-state index is 8.68. The summed E-state index contributed by atoms with van der Waals surface area (Å²) < 4.78 is 5.65. The molecular weight excluding hydrogens is 256 g/mol. The van der Waals surface area contributed by atoms with Crippen LogP contribution in [-0.4, -0.2) is 46.7 Å². The molecule has 6 nitrogen and oxygen atoms in total. The number of oxime groups is 1. The summed E-state index contributed by atoms with van der Waals surface area (Å²) in [6.45, 7) is 5.75. The quantitative estimate of drug-likeness (QED) is 0.366. The van der Waals surface area contributed by atoms with Crippen LogP contribution in [0.2, 0.25) is 0 Å². The minimum absolute atomic E-state index is 0.0434. The SMILES string of the molecule is CCOC1CCN(Cc2ccnc(C(N)=NO)c2)CC1. The Hall–Kier alpha value is -1.66. The van der Waals surface area contributed by atoms with Gasteiger partial charge >= 0.3 is 0 Å². The monoisotopic (exact) mass is 278 g/mol. The van der Waals surface area contributed by atoms with E-state index in [0.717, 1.165) is 44.6 Å². The van der Waals surface area contributed by atoms with Crippen LogP contribution in [-0.2, 0) is 11.3 Å². The van der Waals surface area contributed by atoms with E-state index in [0.29, 0.717) is 11.8 Å². The summed E-state index contributed by atoms with van der Waals surface area (Å²) in [5, 5.41) is 11.7. The number of pyridine rings is 1. The number of piperidine rings is 1. The molecule has 0 amide bonds. The highest BCUT2D eigenvalue weighted by atomic mass is 16.5. The lowest BCUT2D eigenvalue weighted by Crippen LogP contribution is -2.36. The van der Waals surface area contributed by atoms with E-state index in [4.69, 9.17) is 15.7 Å². The molecule has 0 bridgehead atoms. The van der Waals surface area contributed by atoms with E-state index < -0.39 is 0 Å². The van der Waals surface area contributed by atoms with Crippen LogP contribution in [0.5, 0.6) is 0 Å². The summed E-state index contributed by atoms with van der Waals surface area (Å²) in [4.78, 5) is 6.48. The number of hydrogen-bond acceptors (Lipinski definition) is 5. The summed E-state index contributed by atoms with van der Waals surface area (Å²) in [5.41, 5.74) is 7.19. The second kappa shape index (κ2) is 7.21. The molecule has 6 heteroatoms. The number of amidine groups is 1. The van der Waals surface area contributed by atoms with Crippen LogP contribution >= 0.6 is 0 Å². The van der Waals surface area contributed by atoms with Crippen molar-refractivity contribution in [3.05, 3.63) is 29.6 Å². The van der Waals surface area contributed by atoms with Gasteiger partial charge in [-0.2, -0.15) is 0 Å². The minimum Gasteiger partial charge on any atom is -0.409 e. The van der Waals surface area contributed by atoms with Crippen LogP contribution in [0, 0.1) is 0 Å². The number of hydrogen-bond donors (Lipinski definition) is 2. The Bertz CT molecular complexity index is 456. The van der Waals surface area contributed by atoms with Crippen molar-refractivity contribution in [3.8, 4) is 0 Å². The standard InChI is InChI=1S/C14H22N4O2/c1-2-20-12-4-7-18(8-5-12)10-11-3-6-16-13(9-11)14(15)17-19/h3,6,9,12,19H,2,4-5,7-8,10H2,1H3,(H2,15,17). The molecular formula is C14H22N4O2. The van der Waals surface area contributed by atoms with Gasteiger partial charge in [-0.15, -0.1) is 0 Å². The van der Waals surface area contributed by atoms with Crippen molar-refractivity contribution in [1.82, 2.24) is 9.88 Å². The number of ether oxygens (including phenoxy) is 1. The van der Waals surface area contributed by atoms with Gasteiger partial charge in [0.15, 0.2) is 5.84 Å². The van der Waals surface area contributed by atoms with Crippen LogP contribution in [0.25, 0.3) is 0 Å². The van der Waals surface area contributed by atoms with Gasteiger partial charge in [-0.1, -0.05) is 5.16 Å². The predicted octanol–water partition coefficient (Wildman–Crippen LogP) is 1.18. The lowest BCUT2D eigenvalue weighted by molar-refractivity contribution is 0.0125. The molecule has 0 unspecified atom stereocenters. The topological polar surface area (TPSA) is 84.0 Å². The van der Waals surface area contributed by atoms with E-state index in [-0.39, 0.29) is 5.84 Å². The first-order valence-corrected chi connectivity index (χ1v) is 6.99. The molecule has 0 atom stereocenters. The molecule has 1 fully saturated rings. The second-order valence-corrected chi connectivity index (χ2v) is 4.97. The fraction of sp³-hybridized carbons (Fsp3) is 0.571. The molecule has 1 aromatic heterocycles. The van der Waals surface area contributed by atoms with Crippen LogP contribution in [0.15, 0.2) is 23.5 Å². The summed E-state index contributed by atoms with van der Waals surface area (Å²) in [6, 6.07) is 3.83. The normalized spacial score (nSPS) is 18.4. The van der Waals surface area contributed by atoms with Gasteiger partial charge in [0.25, 0.3) is 0 Å². The molecule has 1 aliphatic heterocycles. The highest BCUT2D eigenvalue weighted by Crippen LogP contribution is 2.16. The highest BCUT2D eigenvalue weighted by Gasteiger charge is 2.19. The van der Waals surface area contributed by atoms with Crippen LogP contribution in [0.1, 0.15) is 31.0 Å². The number of rotatable bonds is 5.